The van der Waals surface area contributed by atoms with Gasteiger partial charge in [-0.1, -0.05) is 43.7 Å². The first-order valence-electron chi connectivity index (χ1n) is 12.0. The summed E-state index contributed by atoms with van der Waals surface area (Å²) < 4.78 is 7.37. The molecule has 182 valence electrons. The van der Waals surface area contributed by atoms with Crippen molar-refractivity contribution in [3.05, 3.63) is 83.9 Å². The molecule has 2 N–H and O–H groups in total. The zero-order valence-corrected chi connectivity index (χ0v) is 20.2. The molecule has 2 aromatic heterocycles. The van der Waals surface area contributed by atoms with Gasteiger partial charge in [0.1, 0.15) is 5.75 Å². The van der Waals surface area contributed by atoms with Crippen LogP contribution in [0.4, 0.5) is 11.5 Å². The largest absolute Gasteiger partial charge is 0.494 e. The van der Waals surface area contributed by atoms with Crippen LogP contribution in [-0.4, -0.2) is 37.5 Å². The van der Waals surface area contributed by atoms with Gasteiger partial charge in [0, 0.05) is 11.3 Å². The van der Waals surface area contributed by atoms with E-state index in [-0.39, 0.29) is 11.9 Å². The maximum atomic E-state index is 13.0. The third-order valence-electron chi connectivity index (χ3n) is 5.91. The van der Waals surface area contributed by atoms with E-state index in [9.17, 15) is 4.79 Å². The number of nitrogens with one attached hydrogen (secondary N) is 2. The van der Waals surface area contributed by atoms with E-state index in [0.717, 1.165) is 35.2 Å². The van der Waals surface area contributed by atoms with Gasteiger partial charge >= 0.3 is 0 Å². The van der Waals surface area contributed by atoms with E-state index in [1.54, 1.807) is 16.6 Å². The number of carbonyl (C=O) groups excluding carboxylic acids is 1. The molecular formula is C27H27N7O2. The number of hydrogen-bond donors (Lipinski definition) is 2. The normalized spacial score (nSPS) is 11.9. The monoisotopic (exact) mass is 481 g/mol. The molecule has 0 fully saturated rings. The number of benzene rings is 3. The number of para-hydroxylation sites is 2. The predicted molar refractivity (Wildman–Crippen MR) is 139 cm³/mol. The standard InChI is InChI=1S/C27H27N7O2/c1-3-4-16-36-22-14-12-19(13-15-22)18(2)28-27(35)20-8-7-9-21(17-20)29-25-26-31-32-33-34(26)24-11-6-5-10-23(24)30-25/h5-15,17-18H,3-4,16H2,1-2H3,(H,28,35)(H,29,30)/t18-/m1/s1. The Morgan fingerprint density at radius 3 is 2.72 bits per heavy atom. The first-order chi connectivity index (χ1) is 17.6. The minimum atomic E-state index is -0.171. The van der Waals surface area contributed by atoms with Crippen molar-refractivity contribution in [1.29, 1.82) is 0 Å². The molecule has 3 aromatic carbocycles. The van der Waals surface area contributed by atoms with Crippen molar-refractivity contribution < 1.29 is 9.53 Å². The third kappa shape index (κ3) is 4.95. The minimum Gasteiger partial charge on any atom is -0.494 e. The highest BCUT2D eigenvalue weighted by molar-refractivity contribution is 5.95. The number of fused-ring (bicyclic) bond motifs is 3. The number of anilines is 2. The van der Waals surface area contributed by atoms with Crippen LogP contribution in [0.25, 0.3) is 16.7 Å². The fourth-order valence-electron chi connectivity index (χ4n) is 3.91. The summed E-state index contributed by atoms with van der Waals surface area (Å²) in [4.78, 5) is 17.7. The van der Waals surface area contributed by atoms with Gasteiger partial charge in [0.2, 0.25) is 5.65 Å². The average Bonchev–Trinajstić information content (AvgIpc) is 3.40. The molecule has 0 aliphatic rings. The number of tetrazole rings is 1. The topological polar surface area (TPSA) is 106 Å². The smallest absolute Gasteiger partial charge is 0.251 e. The number of amides is 1. The maximum absolute atomic E-state index is 13.0. The van der Waals surface area contributed by atoms with Gasteiger partial charge in [-0.3, -0.25) is 4.79 Å². The molecule has 0 spiro atoms. The van der Waals surface area contributed by atoms with Crippen LogP contribution in [0.5, 0.6) is 5.75 Å². The summed E-state index contributed by atoms with van der Waals surface area (Å²) in [5, 5.41) is 18.3. The van der Waals surface area contributed by atoms with Crippen molar-refractivity contribution in [2.75, 3.05) is 11.9 Å². The van der Waals surface area contributed by atoms with Gasteiger partial charge < -0.3 is 15.4 Å². The van der Waals surface area contributed by atoms with Gasteiger partial charge in [-0.15, -0.1) is 5.10 Å². The summed E-state index contributed by atoms with van der Waals surface area (Å²) in [6, 6.07) is 22.6. The molecule has 9 nitrogen and oxygen atoms in total. The highest BCUT2D eigenvalue weighted by Crippen LogP contribution is 2.24. The molecular weight excluding hydrogens is 454 g/mol. The van der Waals surface area contributed by atoms with Crippen LogP contribution in [0.15, 0.2) is 72.8 Å². The Morgan fingerprint density at radius 2 is 1.89 bits per heavy atom. The summed E-state index contributed by atoms with van der Waals surface area (Å²) in [5.74, 6) is 1.17. The Kier molecular flexibility index (Phi) is 6.70. The molecule has 1 amide bonds. The second-order valence-corrected chi connectivity index (χ2v) is 8.54. The number of nitrogens with zero attached hydrogens (tertiary/aromatic N) is 5. The van der Waals surface area contributed by atoms with Crippen molar-refractivity contribution in [2.45, 2.75) is 32.7 Å². The van der Waals surface area contributed by atoms with Crippen LogP contribution >= 0.6 is 0 Å². The minimum absolute atomic E-state index is 0.164. The van der Waals surface area contributed by atoms with Crippen LogP contribution in [0, 0.1) is 0 Å². The van der Waals surface area contributed by atoms with E-state index in [0.29, 0.717) is 29.3 Å². The van der Waals surface area contributed by atoms with Crippen LogP contribution < -0.4 is 15.4 Å². The summed E-state index contributed by atoms with van der Waals surface area (Å²) in [6.45, 7) is 4.80. The van der Waals surface area contributed by atoms with Crippen molar-refractivity contribution in [2.24, 2.45) is 0 Å². The van der Waals surface area contributed by atoms with E-state index >= 15 is 0 Å². The van der Waals surface area contributed by atoms with Gasteiger partial charge in [0.05, 0.1) is 23.7 Å². The lowest BCUT2D eigenvalue weighted by Gasteiger charge is -2.16. The van der Waals surface area contributed by atoms with Gasteiger partial charge in [0.15, 0.2) is 5.82 Å². The van der Waals surface area contributed by atoms with Crippen molar-refractivity contribution in [3.63, 3.8) is 0 Å². The molecule has 5 aromatic rings. The van der Waals surface area contributed by atoms with Gasteiger partial charge in [0.25, 0.3) is 5.91 Å². The quantitative estimate of drug-likeness (QED) is 0.283. The van der Waals surface area contributed by atoms with E-state index in [2.05, 4.69) is 38.1 Å². The molecule has 0 unspecified atom stereocenters. The lowest BCUT2D eigenvalue weighted by Crippen LogP contribution is -2.26. The Balaban J connectivity index is 1.30. The number of hydrogen-bond acceptors (Lipinski definition) is 7. The van der Waals surface area contributed by atoms with E-state index in [1.165, 1.54) is 0 Å². The highest BCUT2D eigenvalue weighted by Gasteiger charge is 2.14. The lowest BCUT2D eigenvalue weighted by molar-refractivity contribution is 0.0940. The highest BCUT2D eigenvalue weighted by atomic mass is 16.5. The van der Waals surface area contributed by atoms with Crippen LogP contribution in [0.3, 0.4) is 0 Å². The molecule has 9 heteroatoms. The van der Waals surface area contributed by atoms with Gasteiger partial charge in [-0.05, 0) is 71.8 Å². The number of unbranched alkanes of at least 4 members (excludes halogenated alkanes) is 1. The van der Waals surface area contributed by atoms with Crippen molar-refractivity contribution in [3.8, 4) is 5.75 Å². The molecule has 0 radical (unpaired) electrons. The van der Waals surface area contributed by atoms with Crippen molar-refractivity contribution >= 4 is 34.1 Å². The second-order valence-electron chi connectivity index (χ2n) is 8.54. The summed E-state index contributed by atoms with van der Waals surface area (Å²) in [7, 11) is 0. The zero-order chi connectivity index (χ0) is 24.9. The Labute approximate surface area is 208 Å². The fourth-order valence-corrected chi connectivity index (χ4v) is 3.91. The summed E-state index contributed by atoms with van der Waals surface area (Å²) in [5.41, 5.74) is 4.30. The van der Waals surface area contributed by atoms with E-state index < -0.39 is 0 Å². The summed E-state index contributed by atoms with van der Waals surface area (Å²) in [6.07, 6.45) is 2.12. The van der Waals surface area contributed by atoms with E-state index in [1.807, 2.05) is 67.6 Å². The number of carbonyl (C=O) groups is 1. The molecule has 1 atom stereocenters. The first-order valence-corrected chi connectivity index (χ1v) is 12.0. The number of aromatic nitrogens is 5. The van der Waals surface area contributed by atoms with Crippen LogP contribution in [0.1, 0.15) is 48.7 Å². The van der Waals surface area contributed by atoms with Crippen LogP contribution in [-0.2, 0) is 0 Å². The fraction of sp³-hybridized carbons (Fsp3) is 0.222. The maximum Gasteiger partial charge on any atom is 0.251 e. The molecule has 2 heterocycles. The second kappa shape index (κ2) is 10.4. The zero-order valence-electron chi connectivity index (χ0n) is 20.2. The molecule has 0 aliphatic heterocycles. The first kappa shape index (κ1) is 23.2. The Hall–Kier alpha value is -4.53. The average molecular weight is 482 g/mol. The lowest BCUT2D eigenvalue weighted by atomic mass is 10.1. The summed E-state index contributed by atoms with van der Waals surface area (Å²) >= 11 is 0. The SMILES string of the molecule is CCCCOc1ccc([C@@H](C)NC(=O)c2cccc(Nc3nc4ccccc4n4nnnc34)c2)cc1. The molecule has 0 bridgehead atoms. The van der Waals surface area contributed by atoms with E-state index in [4.69, 9.17) is 4.74 Å². The van der Waals surface area contributed by atoms with Crippen LogP contribution in [0.2, 0.25) is 0 Å². The molecule has 36 heavy (non-hydrogen) atoms. The molecule has 0 saturated heterocycles. The number of ether oxygens (including phenoxy) is 1. The van der Waals surface area contributed by atoms with Gasteiger partial charge in [-0.25, -0.2) is 4.98 Å². The molecule has 0 aliphatic carbocycles. The Bertz CT molecular complexity index is 1500. The third-order valence-corrected chi connectivity index (χ3v) is 5.91. The predicted octanol–water partition coefficient (Wildman–Crippen LogP) is 5.09. The number of rotatable bonds is 9. The van der Waals surface area contributed by atoms with Gasteiger partial charge in [-0.2, -0.15) is 4.52 Å². The van der Waals surface area contributed by atoms with Crippen molar-refractivity contribution in [1.82, 2.24) is 30.3 Å². The molecule has 5 rings (SSSR count). The molecule has 0 saturated carbocycles. The Morgan fingerprint density at radius 1 is 1.06 bits per heavy atom.